The first-order valence-corrected chi connectivity index (χ1v) is 6.51. The van der Waals surface area contributed by atoms with Crippen LogP contribution < -0.4 is 11.5 Å². The number of nitrogens with two attached hydrogens (primary N) is 2. The van der Waals surface area contributed by atoms with Crippen LogP contribution in [0.3, 0.4) is 0 Å². The average molecular weight is 298 g/mol. The van der Waals surface area contributed by atoms with E-state index in [4.69, 9.17) is 11.5 Å². The van der Waals surface area contributed by atoms with Crippen molar-refractivity contribution < 1.29 is 9.59 Å². The molecule has 0 bridgehead atoms. The molecule has 6 heteroatoms. The van der Waals surface area contributed by atoms with Crippen molar-refractivity contribution in [2.45, 2.75) is 12.8 Å². The van der Waals surface area contributed by atoms with Gasteiger partial charge in [-0.2, -0.15) is 0 Å². The minimum absolute atomic E-state index is 0. The van der Waals surface area contributed by atoms with E-state index in [0.717, 1.165) is 19.4 Å². The van der Waals surface area contributed by atoms with Crippen LogP contribution in [0.15, 0.2) is 24.3 Å². The Bertz CT molecular complexity index is 493. The highest BCUT2D eigenvalue weighted by Crippen LogP contribution is 2.18. The minimum atomic E-state index is -0.520. The van der Waals surface area contributed by atoms with Gasteiger partial charge in [-0.1, -0.05) is 6.07 Å². The van der Waals surface area contributed by atoms with Crippen molar-refractivity contribution in [3.63, 3.8) is 0 Å². The van der Waals surface area contributed by atoms with E-state index >= 15 is 0 Å². The summed E-state index contributed by atoms with van der Waals surface area (Å²) in [6.45, 7) is 2.04. The number of halogens is 1. The lowest BCUT2D eigenvalue weighted by Crippen LogP contribution is -2.42. The summed E-state index contributed by atoms with van der Waals surface area (Å²) in [5.41, 5.74) is 11.8. The number of carbonyl (C=O) groups excluding carboxylic acids is 2. The highest BCUT2D eigenvalue weighted by molar-refractivity contribution is 5.99. The van der Waals surface area contributed by atoms with E-state index in [0.29, 0.717) is 30.1 Å². The van der Waals surface area contributed by atoms with Gasteiger partial charge in [0.1, 0.15) is 0 Å². The summed E-state index contributed by atoms with van der Waals surface area (Å²) in [5.74, 6) is -0.202. The molecule has 1 aromatic rings. The van der Waals surface area contributed by atoms with E-state index < -0.39 is 5.91 Å². The second-order valence-corrected chi connectivity index (χ2v) is 4.94. The van der Waals surface area contributed by atoms with Crippen LogP contribution >= 0.6 is 12.4 Å². The van der Waals surface area contributed by atoms with Crippen molar-refractivity contribution in [1.82, 2.24) is 4.90 Å². The van der Waals surface area contributed by atoms with Gasteiger partial charge in [0, 0.05) is 24.2 Å². The van der Waals surface area contributed by atoms with Gasteiger partial charge in [-0.15, -0.1) is 12.4 Å². The minimum Gasteiger partial charge on any atom is -0.366 e. The summed E-state index contributed by atoms with van der Waals surface area (Å²) in [5, 5.41) is 0. The first-order chi connectivity index (χ1) is 9.11. The molecule has 1 aliphatic heterocycles. The van der Waals surface area contributed by atoms with E-state index in [2.05, 4.69) is 0 Å². The molecule has 0 radical (unpaired) electrons. The van der Waals surface area contributed by atoms with E-state index in [-0.39, 0.29) is 18.3 Å². The van der Waals surface area contributed by atoms with Gasteiger partial charge in [-0.3, -0.25) is 9.59 Å². The van der Waals surface area contributed by atoms with Gasteiger partial charge in [0.05, 0.1) is 0 Å². The maximum absolute atomic E-state index is 12.4. The normalized spacial score (nSPS) is 18.2. The maximum Gasteiger partial charge on any atom is 0.253 e. The fourth-order valence-electron chi connectivity index (χ4n) is 2.43. The smallest absolute Gasteiger partial charge is 0.253 e. The van der Waals surface area contributed by atoms with Crippen LogP contribution in [0.5, 0.6) is 0 Å². The molecular formula is C14H20ClN3O2. The van der Waals surface area contributed by atoms with Crippen LogP contribution in [0.1, 0.15) is 33.6 Å². The summed E-state index contributed by atoms with van der Waals surface area (Å²) >= 11 is 0. The van der Waals surface area contributed by atoms with E-state index in [1.54, 1.807) is 29.2 Å². The summed E-state index contributed by atoms with van der Waals surface area (Å²) in [6.07, 6.45) is 2.05. The zero-order valence-corrected chi connectivity index (χ0v) is 12.1. The molecule has 1 unspecified atom stereocenters. The topological polar surface area (TPSA) is 89.4 Å². The van der Waals surface area contributed by atoms with Crippen LogP contribution in [-0.4, -0.2) is 36.3 Å². The Balaban J connectivity index is 0.00000200. The summed E-state index contributed by atoms with van der Waals surface area (Å²) in [6, 6.07) is 6.55. The lowest BCUT2D eigenvalue weighted by atomic mass is 9.97. The molecule has 1 aromatic carbocycles. The molecule has 0 spiro atoms. The van der Waals surface area contributed by atoms with Crippen molar-refractivity contribution >= 4 is 24.2 Å². The largest absolute Gasteiger partial charge is 0.366 e. The number of primary amides is 1. The highest BCUT2D eigenvalue weighted by Gasteiger charge is 2.23. The number of rotatable bonds is 3. The van der Waals surface area contributed by atoms with E-state index in [9.17, 15) is 9.59 Å². The van der Waals surface area contributed by atoms with Crippen molar-refractivity contribution in [1.29, 1.82) is 0 Å². The number of nitrogens with zero attached hydrogens (tertiary/aromatic N) is 1. The predicted octanol–water partition coefficient (Wildman–Crippen LogP) is 1.02. The van der Waals surface area contributed by atoms with Crippen LogP contribution in [0.4, 0.5) is 0 Å². The predicted molar refractivity (Wildman–Crippen MR) is 79.9 cm³/mol. The molecule has 5 nitrogen and oxygen atoms in total. The summed E-state index contributed by atoms with van der Waals surface area (Å²) in [4.78, 5) is 25.3. The van der Waals surface area contributed by atoms with Crippen molar-refractivity contribution in [2.75, 3.05) is 19.6 Å². The number of hydrogen-bond donors (Lipinski definition) is 2. The van der Waals surface area contributed by atoms with Gasteiger partial charge in [0.15, 0.2) is 0 Å². The second-order valence-electron chi connectivity index (χ2n) is 4.94. The number of amides is 2. The molecule has 1 heterocycles. The molecule has 20 heavy (non-hydrogen) atoms. The Morgan fingerprint density at radius 2 is 2.00 bits per heavy atom. The Morgan fingerprint density at radius 1 is 1.30 bits per heavy atom. The molecule has 1 fully saturated rings. The molecule has 2 rings (SSSR count). The molecule has 4 N–H and O–H groups in total. The first kappa shape index (κ1) is 16.5. The Hall–Kier alpha value is -1.59. The third-order valence-electron chi connectivity index (χ3n) is 3.53. The highest BCUT2D eigenvalue weighted by atomic mass is 35.5. The summed E-state index contributed by atoms with van der Waals surface area (Å²) < 4.78 is 0. The van der Waals surface area contributed by atoms with Gasteiger partial charge in [-0.25, -0.2) is 0 Å². The second kappa shape index (κ2) is 7.26. The van der Waals surface area contributed by atoms with Crippen LogP contribution in [0.2, 0.25) is 0 Å². The summed E-state index contributed by atoms with van der Waals surface area (Å²) in [7, 11) is 0. The Labute approximate surface area is 124 Å². The lowest BCUT2D eigenvalue weighted by molar-refractivity contribution is 0.0678. The fraction of sp³-hybridized carbons (Fsp3) is 0.429. The maximum atomic E-state index is 12.4. The zero-order chi connectivity index (χ0) is 13.8. The SMILES string of the molecule is Cl.NCC1CCCN(C(=O)c2cccc(C(N)=O)c2)C1. The number of benzene rings is 1. The molecule has 1 atom stereocenters. The Kier molecular flexibility index (Phi) is 5.98. The van der Waals surface area contributed by atoms with Gasteiger partial charge < -0.3 is 16.4 Å². The zero-order valence-electron chi connectivity index (χ0n) is 11.2. The third-order valence-corrected chi connectivity index (χ3v) is 3.53. The molecule has 0 saturated carbocycles. The number of hydrogen-bond acceptors (Lipinski definition) is 3. The standard InChI is InChI=1S/C14H19N3O2.ClH/c15-8-10-3-2-6-17(9-10)14(19)12-5-1-4-11(7-12)13(16)18;/h1,4-5,7,10H,2-3,6,8-9,15H2,(H2,16,18);1H. The monoisotopic (exact) mass is 297 g/mol. The lowest BCUT2D eigenvalue weighted by Gasteiger charge is -2.32. The third kappa shape index (κ3) is 3.71. The van der Waals surface area contributed by atoms with E-state index in [1.807, 2.05) is 0 Å². The van der Waals surface area contributed by atoms with Gasteiger partial charge in [0.2, 0.25) is 5.91 Å². The molecule has 0 aromatic heterocycles. The van der Waals surface area contributed by atoms with Gasteiger partial charge in [-0.05, 0) is 43.5 Å². The average Bonchev–Trinajstić information content (AvgIpc) is 2.46. The number of piperidine rings is 1. The molecule has 2 amide bonds. The molecule has 1 saturated heterocycles. The number of carbonyl (C=O) groups is 2. The van der Waals surface area contributed by atoms with Crippen molar-refractivity contribution in [2.24, 2.45) is 17.4 Å². The molecule has 1 aliphatic rings. The van der Waals surface area contributed by atoms with E-state index in [1.165, 1.54) is 0 Å². The van der Waals surface area contributed by atoms with Crippen molar-refractivity contribution in [3.8, 4) is 0 Å². The van der Waals surface area contributed by atoms with Crippen molar-refractivity contribution in [3.05, 3.63) is 35.4 Å². The quantitative estimate of drug-likeness (QED) is 0.873. The van der Waals surface area contributed by atoms with Gasteiger partial charge in [0.25, 0.3) is 5.91 Å². The van der Waals surface area contributed by atoms with Gasteiger partial charge >= 0.3 is 0 Å². The number of likely N-dealkylation sites (tertiary alicyclic amines) is 1. The molecular weight excluding hydrogens is 278 g/mol. The van der Waals surface area contributed by atoms with Crippen LogP contribution in [0, 0.1) is 5.92 Å². The fourth-order valence-corrected chi connectivity index (χ4v) is 2.43. The molecule has 110 valence electrons. The van der Waals surface area contributed by atoms with Crippen LogP contribution in [0.25, 0.3) is 0 Å². The van der Waals surface area contributed by atoms with Crippen LogP contribution in [-0.2, 0) is 0 Å². The Morgan fingerprint density at radius 3 is 2.65 bits per heavy atom. The molecule has 0 aliphatic carbocycles. The first-order valence-electron chi connectivity index (χ1n) is 6.51.